The fraction of sp³-hybridized carbons (Fsp3) is 0.130. The number of pyridine rings is 1. The lowest BCUT2D eigenvalue weighted by atomic mass is 10.1. The topological polar surface area (TPSA) is 105 Å². The molecule has 38 heavy (non-hydrogen) atoms. The third-order valence-electron chi connectivity index (χ3n) is 4.85. The second-order valence-electron chi connectivity index (χ2n) is 7.58. The third-order valence-corrected chi connectivity index (χ3v) is 5.79. The van der Waals surface area contributed by atoms with E-state index in [9.17, 15) is 35.9 Å². The number of halogens is 6. The molecule has 0 bridgehead atoms. The molecule has 3 amide bonds. The minimum absolute atomic E-state index is 0.0310. The lowest BCUT2D eigenvalue weighted by Gasteiger charge is -2.14. The predicted molar refractivity (Wildman–Crippen MR) is 126 cm³/mol. The second kappa shape index (κ2) is 10.2. The molecule has 0 radical (unpaired) electrons. The van der Waals surface area contributed by atoms with Gasteiger partial charge >= 0.3 is 18.4 Å². The Labute approximate surface area is 213 Å². The van der Waals surface area contributed by atoms with Crippen molar-refractivity contribution in [1.29, 1.82) is 0 Å². The summed E-state index contributed by atoms with van der Waals surface area (Å²) in [7, 11) is 1.46. The van der Waals surface area contributed by atoms with Gasteiger partial charge in [-0.15, -0.1) is 0 Å². The molecule has 0 saturated carbocycles. The number of anilines is 2. The summed E-state index contributed by atoms with van der Waals surface area (Å²) < 4.78 is 84.6. The Morgan fingerprint density at radius 1 is 0.868 bits per heavy atom. The first-order valence-corrected chi connectivity index (χ1v) is 11.3. The monoisotopic (exact) mass is 555 g/mol. The maximum atomic E-state index is 13.0. The summed E-state index contributed by atoms with van der Waals surface area (Å²) in [5, 5.41) is 6.75. The SMILES string of the molecule is CNC(=O)c1cc(Oc2ccc3nc(NC(=O)Nc4cc(C(F)(F)F)cc(C(F)(F)F)c4)sc3c2)ccn1. The number of alkyl halides is 6. The first-order chi connectivity index (χ1) is 17.8. The van der Waals surface area contributed by atoms with Crippen molar-refractivity contribution < 1.29 is 40.7 Å². The first kappa shape index (κ1) is 26.7. The van der Waals surface area contributed by atoms with Crippen molar-refractivity contribution in [2.24, 2.45) is 0 Å². The summed E-state index contributed by atoms with van der Waals surface area (Å²) in [6.07, 6.45) is -8.71. The third kappa shape index (κ3) is 6.29. The number of hydrogen-bond acceptors (Lipinski definition) is 6. The standard InChI is InChI=1S/C23H15F6N5O3S/c1-30-19(35)17-9-15(4-5-31-17)37-14-2-3-16-18(10-14)38-21(33-16)34-20(36)32-13-7-11(22(24,25)26)6-12(8-13)23(27,28)29/h2-10H,1H3,(H,30,35)(H2,32,33,34,36). The van der Waals surface area contributed by atoms with Gasteiger partial charge in [-0.3, -0.25) is 15.1 Å². The molecule has 4 aromatic rings. The van der Waals surface area contributed by atoms with Crippen LogP contribution >= 0.6 is 11.3 Å². The van der Waals surface area contributed by atoms with Gasteiger partial charge in [0, 0.05) is 31.1 Å². The molecule has 4 rings (SSSR count). The molecule has 2 aromatic carbocycles. The Balaban J connectivity index is 1.50. The van der Waals surface area contributed by atoms with E-state index in [1.807, 2.05) is 5.32 Å². The van der Waals surface area contributed by atoms with Gasteiger partial charge in [0.05, 0.1) is 21.3 Å². The average molecular weight is 555 g/mol. The molecule has 0 spiro atoms. The van der Waals surface area contributed by atoms with Gasteiger partial charge in [-0.1, -0.05) is 11.3 Å². The van der Waals surface area contributed by atoms with Gasteiger partial charge < -0.3 is 15.4 Å². The largest absolute Gasteiger partial charge is 0.457 e. The maximum absolute atomic E-state index is 13.0. The smallest absolute Gasteiger partial charge is 0.416 e. The molecule has 3 N–H and O–H groups in total. The Kier molecular flexibility index (Phi) is 7.13. The molecule has 8 nitrogen and oxygen atoms in total. The van der Waals surface area contributed by atoms with Crippen molar-refractivity contribution in [1.82, 2.24) is 15.3 Å². The number of rotatable bonds is 5. The molecule has 0 fully saturated rings. The van der Waals surface area contributed by atoms with Gasteiger partial charge in [-0.2, -0.15) is 26.3 Å². The lowest BCUT2D eigenvalue weighted by molar-refractivity contribution is -0.143. The molecular weight excluding hydrogens is 540 g/mol. The second-order valence-corrected chi connectivity index (χ2v) is 8.61. The molecule has 2 heterocycles. The summed E-state index contributed by atoms with van der Waals surface area (Å²) in [6.45, 7) is 0. The minimum atomic E-state index is -5.05. The molecule has 0 aliphatic rings. The van der Waals surface area contributed by atoms with Crippen molar-refractivity contribution in [2.45, 2.75) is 12.4 Å². The van der Waals surface area contributed by atoms with Crippen LogP contribution in [0.4, 0.5) is 42.0 Å². The number of nitrogens with zero attached hydrogens (tertiary/aromatic N) is 2. The molecule has 198 valence electrons. The summed E-state index contributed by atoms with van der Waals surface area (Å²) in [5.41, 5.74) is -3.24. The van der Waals surface area contributed by atoms with E-state index in [1.165, 1.54) is 19.3 Å². The number of amides is 3. The predicted octanol–water partition coefficient (Wildman–Crippen LogP) is 6.52. The van der Waals surface area contributed by atoms with Gasteiger partial charge in [-0.05, 0) is 36.4 Å². The van der Waals surface area contributed by atoms with Crippen LogP contribution in [0.25, 0.3) is 10.2 Å². The van der Waals surface area contributed by atoms with E-state index in [2.05, 4.69) is 20.6 Å². The van der Waals surface area contributed by atoms with Gasteiger partial charge in [0.25, 0.3) is 5.91 Å². The van der Waals surface area contributed by atoms with Crippen molar-refractivity contribution in [3.8, 4) is 11.5 Å². The summed E-state index contributed by atoms with van der Waals surface area (Å²) >= 11 is 0.988. The van der Waals surface area contributed by atoms with E-state index in [4.69, 9.17) is 4.74 Å². The van der Waals surface area contributed by atoms with Gasteiger partial charge in [0.15, 0.2) is 5.13 Å². The van der Waals surface area contributed by atoms with Crippen LogP contribution < -0.4 is 20.7 Å². The van der Waals surface area contributed by atoms with Crippen LogP contribution in [-0.4, -0.2) is 29.0 Å². The first-order valence-electron chi connectivity index (χ1n) is 10.5. The maximum Gasteiger partial charge on any atom is 0.416 e. The van der Waals surface area contributed by atoms with Crippen molar-refractivity contribution >= 4 is 44.3 Å². The van der Waals surface area contributed by atoms with E-state index in [-0.39, 0.29) is 16.9 Å². The molecule has 0 aliphatic heterocycles. The zero-order chi connectivity index (χ0) is 27.7. The molecule has 0 atom stereocenters. The number of ether oxygens (including phenoxy) is 1. The molecule has 15 heteroatoms. The number of urea groups is 1. The Morgan fingerprint density at radius 2 is 1.53 bits per heavy atom. The van der Waals surface area contributed by atoms with Gasteiger partial charge in [0.2, 0.25) is 0 Å². The fourth-order valence-electron chi connectivity index (χ4n) is 3.17. The van der Waals surface area contributed by atoms with Crippen LogP contribution in [0.5, 0.6) is 11.5 Å². The van der Waals surface area contributed by atoms with Crippen molar-refractivity contribution in [3.05, 3.63) is 71.5 Å². The van der Waals surface area contributed by atoms with Crippen LogP contribution in [0.2, 0.25) is 0 Å². The van der Waals surface area contributed by atoms with Crippen LogP contribution in [0.1, 0.15) is 21.6 Å². The molecule has 0 saturated heterocycles. The normalized spacial score (nSPS) is 11.8. The van der Waals surface area contributed by atoms with E-state index in [0.717, 1.165) is 11.3 Å². The zero-order valence-electron chi connectivity index (χ0n) is 19.0. The van der Waals surface area contributed by atoms with Crippen LogP contribution in [0, 0.1) is 0 Å². The molecule has 2 aromatic heterocycles. The average Bonchev–Trinajstić information content (AvgIpc) is 3.23. The highest BCUT2D eigenvalue weighted by Gasteiger charge is 2.37. The molecular formula is C23H15F6N5O3S. The summed E-state index contributed by atoms with van der Waals surface area (Å²) in [5.74, 6) is 0.302. The number of aromatic nitrogens is 2. The van der Waals surface area contributed by atoms with E-state index in [1.54, 1.807) is 24.3 Å². The Hall–Kier alpha value is -4.40. The quantitative estimate of drug-likeness (QED) is 0.243. The summed E-state index contributed by atoms with van der Waals surface area (Å²) in [4.78, 5) is 32.2. The van der Waals surface area contributed by atoms with E-state index >= 15 is 0 Å². The van der Waals surface area contributed by atoms with E-state index < -0.39 is 41.1 Å². The number of fused-ring (bicyclic) bond motifs is 1. The minimum Gasteiger partial charge on any atom is -0.457 e. The highest BCUT2D eigenvalue weighted by atomic mass is 32.1. The van der Waals surface area contributed by atoms with Gasteiger partial charge in [0.1, 0.15) is 17.2 Å². The number of benzene rings is 2. The highest BCUT2D eigenvalue weighted by molar-refractivity contribution is 7.22. The van der Waals surface area contributed by atoms with Crippen molar-refractivity contribution in [2.75, 3.05) is 17.7 Å². The number of carbonyl (C=O) groups excluding carboxylic acids is 2. The Morgan fingerprint density at radius 3 is 2.16 bits per heavy atom. The summed E-state index contributed by atoms with van der Waals surface area (Å²) in [6, 6.07) is 7.38. The molecule has 0 aliphatic carbocycles. The van der Waals surface area contributed by atoms with Crippen LogP contribution in [-0.2, 0) is 12.4 Å². The van der Waals surface area contributed by atoms with Gasteiger partial charge in [-0.25, -0.2) is 9.78 Å². The number of nitrogens with one attached hydrogen (secondary N) is 3. The lowest BCUT2D eigenvalue weighted by Crippen LogP contribution is -2.20. The van der Waals surface area contributed by atoms with Crippen molar-refractivity contribution in [3.63, 3.8) is 0 Å². The fourth-order valence-corrected chi connectivity index (χ4v) is 4.06. The van der Waals surface area contributed by atoms with Crippen LogP contribution in [0.3, 0.4) is 0 Å². The Bertz CT molecular complexity index is 1490. The number of carbonyl (C=O) groups is 2. The number of hydrogen-bond donors (Lipinski definition) is 3. The highest BCUT2D eigenvalue weighted by Crippen LogP contribution is 2.38. The molecule has 0 unspecified atom stereocenters. The number of thiazole rings is 1. The zero-order valence-corrected chi connectivity index (χ0v) is 19.8. The van der Waals surface area contributed by atoms with Crippen LogP contribution in [0.15, 0.2) is 54.7 Å². The van der Waals surface area contributed by atoms with E-state index in [0.29, 0.717) is 33.8 Å².